The van der Waals surface area contributed by atoms with Gasteiger partial charge in [0, 0.05) is 30.0 Å². The first-order valence-corrected chi connectivity index (χ1v) is 7.38. The molecule has 2 aromatic carbocycles. The monoisotopic (exact) mass is 291 g/mol. The zero-order chi connectivity index (χ0) is 15.5. The summed E-state index contributed by atoms with van der Waals surface area (Å²) in [5.41, 5.74) is 3.39. The standard InChI is InChI=1S/C18H17N3O/c1-2-21-12-14(11-19)16-9-8-13(10-17(16)21)18(22)20-15-6-4-3-5-7-15/h3-10,14H,2,12H2,1H3,(H,20,22). The molecule has 0 aromatic heterocycles. The molecule has 4 nitrogen and oxygen atoms in total. The summed E-state index contributed by atoms with van der Waals surface area (Å²) in [7, 11) is 0. The number of nitrogens with zero attached hydrogens (tertiary/aromatic N) is 2. The minimum absolute atomic E-state index is 0.110. The molecule has 1 heterocycles. The van der Waals surface area contributed by atoms with E-state index < -0.39 is 0 Å². The molecule has 0 aliphatic carbocycles. The third kappa shape index (κ3) is 2.53. The lowest BCUT2D eigenvalue weighted by atomic mass is 10.0. The number of para-hydroxylation sites is 1. The van der Waals surface area contributed by atoms with E-state index in [1.54, 1.807) is 6.07 Å². The van der Waals surface area contributed by atoms with Crippen LogP contribution in [0, 0.1) is 11.3 Å². The largest absolute Gasteiger partial charge is 0.370 e. The molecule has 0 fully saturated rings. The number of carbonyl (C=O) groups excluding carboxylic acids is 1. The van der Waals surface area contributed by atoms with Gasteiger partial charge < -0.3 is 10.2 Å². The molecule has 4 heteroatoms. The summed E-state index contributed by atoms with van der Waals surface area (Å²) in [5.74, 6) is -0.244. The number of nitriles is 1. The molecule has 1 aliphatic heterocycles. The van der Waals surface area contributed by atoms with Gasteiger partial charge in [-0.25, -0.2) is 0 Å². The summed E-state index contributed by atoms with van der Waals surface area (Å²) < 4.78 is 0. The number of rotatable bonds is 3. The molecule has 0 spiro atoms. The highest BCUT2D eigenvalue weighted by molar-refractivity contribution is 6.05. The van der Waals surface area contributed by atoms with Crippen molar-refractivity contribution >= 4 is 17.3 Å². The van der Waals surface area contributed by atoms with Gasteiger partial charge in [-0.1, -0.05) is 24.3 Å². The summed E-state index contributed by atoms with van der Waals surface area (Å²) >= 11 is 0. The predicted octanol–water partition coefficient (Wildman–Crippen LogP) is 3.39. The number of benzene rings is 2. The molecule has 1 N–H and O–H groups in total. The first-order chi connectivity index (χ1) is 10.7. The predicted molar refractivity (Wildman–Crippen MR) is 87.1 cm³/mol. The van der Waals surface area contributed by atoms with Gasteiger partial charge in [-0.05, 0) is 36.8 Å². The second kappa shape index (κ2) is 5.90. The molecule has 1 atom stereocenters. The van der Waals surface area contributed by atoms with Gasteiger partial charge in [0.15, 0.2) is 0 Å². The molecule has 110 valence electrons. The van der Waals surface area contributed by atoms with Crippen LogP contribution < -0.4 is 10.2 Å². The number of hydrogen-bond acceptors (Lipinski definition) is 3. The van der Waals surface area contributed by atoms with Crippen LogP contribution in [0.5, 0.6) is 0 Å². The lowest BCUT2D eigenvalue weighted by Crippen LogP contribution is -2.21. The molecule has 1 unspecified atom stereocenters. The number of nitrogens with one attached hydrogen (secondary N) is 1. The van der Waals surface area contributed by atoms with Crippen molar-refractivity contribution in [3.8, 4) is 6.07 Å². The summed E-state index contributed by atoms with van der Waals surface area (Å²) in [6.07, 6.45) is 0. The maximum atomic E-state index is 12.4. The Hall–Kier alpha value is -2.80. The van der Waals surface area contributed by atoms with Gasteiger partial charge in [0.05, 0.1) is 12.0 Å². The number of hydrogen-bond donors (Lipinski definition) is 1. The minimum atomic E-state index is -0.134. The van der Waals surface area contributed by atoms with Gasteiger partial charge in [0.2, 0.25) is 0 Å². The van der Waals surface area contributed by atoms with E-state index in [1.165, 1.54) is 0 Å². The Bertz CT molecular complexity index is 734. The average molecular weight is 291 g/mol. The van der Waals surface area contributed by atoms with E-state index >= 15 is 0 Å². The molecule has 22 heavy (non-hydrogen) atoms. The zero-order valence-corrected chi connectivity index (χ0v) is 12.4. The van der Waals surface area contributed by atoms with Crippen LogP contribution in [0.25, 0.3) is 0 Å². The van der Waals surface area contributed by atoms with Crippen molar-refractivity contribution in [2.24, 2.45) is 0 Å². The van der Waals surface area contributed by atoms with Crippen LogP contribution in [0.15, 0.2) is 48.5 Å². The molecule has 1 amide bonds. The molecular weight excluding hydrogens is 274 g/mol. The van der Waals surface area contributed by atoms with E-state index in [4.69, 9.17) is 0 Å². The molecule has 3 rings (SSSR count). The number of amides is 1. The average Bonchev–Trinajstić information content (AvgIpc) is 2.93. The Labute approximate surface area is 130 Å². The van der Waals surface area contributed by atoms with Gasteiger partial charge in [0.1, 0.15) is 0 Å². The highest BCUT2D eigenvalue weighted by Crippen LogP contribution is 2.36. The van der Waals surface area contributed by atoms with E-state index in [0.717, 1.165) is 23.5 Å². The van der Waals surface area contributed by atoms with E-state index in [1.807, 2.05) is 42.5 Å². The van der Waals surface area contributed by atoms with Gasteiger partial charge in [-0.15, -0.1) is 0 Å². The van der Waals surface area contributed by atoms with Crippen molar-refractivity contribution < 1.29 is 4.79 Å². The molecule has 2 aromatic rings. The van der Waals surface area contributed by atoms with Crippen molar-refractivity contribution in [3.63, 3.8) is 0 Å². The van der Waals surface area contributed by atoms with Crippen LogP contribution in [0.1, 0.15) is 28.8 Å². The van der Waals surface area contributed by atoms with E-state index in [9.17, 15) is 10.1 Å². The van der Waals surface area contributed by atoms with E-state index in [-0.39, 0.29) is 11.8 Å². The summed E-state index contributed by atoms with van der Waals surface area (Å²) in [6, 6.07) is 17.3. The highest BCUT2D eigenvalue weighted by Gasteiger charge is 2.28. The number of anilines is 2. The molecule has 0 bridgehead atoms. The second-order valence-corrected chi connectivity index (χ2v) is 5.31. The summed E-state index contributed by atoms with van der Waals surface area (Å²) in [6.45, 7) is 3.58. The van der Waals surface area contributed by atoms with Gasteiger partial charge >= 0.3 is 0 Å². The maximum absolute atomic E-state index is 12.4. The number of carbonyl (C=O) groups is 1. The SMILES string of the molecule is CCN1CC(C#N)c2ccc(C(=O)Nc3ccccc3)cc21. The first-order valence-electron chi connectivity index (χ1n) is 7.38. The maximum Gasteiger partial charge on any atom is 0.255 e. The van der Waals surface area contributed by atoms with Crippen LogP contribution in [0.3, 0.4) is 0 Å². The quantitative estimate of drug-likeness (QED) is 0.943. The van der Waals surface area contributed by atoms with Crippen molar-refractivity contribution in [1.29, 1.82) is 5.26 Å². The van der Waals surface area contributed by atoms with Crippen LogP contribution >= 0.6 is 0 Å². The second-order valence-electron chi connectivity index (χ2n) is 5.31. The van der Waals surface area contributed by atoms with Gasteiger partial charge in [-0.3, -0.25) is 4.79 Å². The summed E-state index contributed by atoms with van der Waals surface area (Å²) in [5, 5.41) is 12.1. The Morgan fingerprint density at radius 3 is 2.77 bits per heavy atom. The lowest BCUT2D eigenvalue weighted by Gasteiger charge is -2.17. The number of fused-ring (bicyclic) bond motifs is 1. The van der Waals surface area contributed by atoms with Crippen molar-refractivity contribution in [2.45, 2.75) is 12.8 Å². The highest BCUT2D eigenvalue weighted by atomic mass is 16.1. The van der Waals surface area contributed by atoms with E-state index in [2.05, 4.69) is 23.2 Å². The number of likely N-dealkylation sites (N-methyl/N-ethyl adjacent to an activating group) is 1. The normalized spacial score (nSPS) is 16.0. The third-order valence-corrected chi connectivity index (χ3v) is 3.98. The minimum Gasteiger partial charge on any atom is -0.370 e. The Balaban J connectivity index is 1.87. The fraction of sp³-hybridized carbons (Fsp3) is 0.222. The molecule has 0 saturated heterocycles. The van der Waals surface area contributed by atoms with Crippen LogP contribution in [0.2, 0.25) is 0 Å². The zero-order valence-electron chi connectivity index (χ0n) is 12.4. The van der Waals surface area contributed by atoms with Crippen molar-refractivity contribution in [3.05, 3.63) is 59.7 Å². The molecule has 0 radical (unpaired) electrons. The Morgan fingerprint density at radius 2 is 2.09 bits per heavy atom. The summed E-state index contributed by atoms with van der Waals surface area (Å²) in [4.78, 5) is 14.5. The Morgan fingerprint density at radius 1 is 1.32 bits per heavy atom. The topological polar surface area (TPSA) is 56.1 Å². The lowest BCUT2D eigenvalue weighted by molar-refractivity contribution is 0.102. The van der Waals surface area contributed by atoms with Crippen LogP contribution in [0.4, 0.5) is 11.4 Å². The van der Waals surface area contributed by atoms with Crippen LogP contribution in [-0.4, -0.2) is 19.0 Å². The third-order valence-electron chi connectivity index (χ3n) is 3.98. The van der Waals surface area contributed by atoms with E-state index in [0.29, 0.717) is 12.1 Å². The van der Waals surface area contributed by atoms with Gasteiger partial charge in [0.25, 0.3) is 5.91 Å². The van der Waals surface area contributed by atoms with Crippen molar-refractivity contribution in [1.82, 2.24) is 0 Å². The molecule has 0 saturated carbocycles. The smallest absolute Gasteiger partial charge is 0.255 e. The molecule has 1 aliphatic rings. The first kappa shape index (κ1) is 14.2. The van der Waals surface area contributed by atoms with Crippen molar-refractivity contribution in [2.75, 3.05) is 23.3 Å². The Kier molecular flexibility index (Phi) is 3.80. The van der Waals surface area contributed by atoms with Crippen LogP contribution in [-0.2, 0) is 0 Å². The fourth-order valence-electron chi connectivity index (χ4n) is 2.81. The molecular formula is C18H17N3O. The fourth-order valence-corrected chi connectivity index (χ4v) is 2.81. The van der Waals surface area contributed by atoms with Gasteiger partial charge in [-0.2, -0.15) is 5.26 Å².